The highest BCUT2D eigenvalue weighted by Crippen LogP contribution is 2.24. The minimum atomic E-state index is -0.225. The first kappa shape index (κ1) is 17.7. The van der Waals surface area contributed by atoms with Crippen LogP contribution in [0.3, 0.4) is 0 Å². The Morgan fingerprint density at radius 1 is 0.885 bits per heavy atom. The maximum Gasteiger partial charge on any atom is 0.123 e. The van der Waals surface area contributed by atoms with Gasteiger partial charge in [0, 0.05) is 12.7 Å². The summed E-state index contributed by atoms with van der Waals surface area (Å²) >= 11 is 0. The summed E-state index contributed by atoms with van der Waals surface area (Å²) in [6.45, 7) is 2.10. The molecule has 0 saturated heterocycles. The van der Waals surface area contributed by atoms with Crippen molar-refractivity contribution in [2.75, 3.05) is 12.4 Å². The highest BCUT2D eigenvalue weighted by molar-refractivity contribution is 5.81. The smallest absolute Gasteiger partial charge is 0.123 e. The maximum absolute atomic E-state index is 13.3. The third kappa shape index (κ3) is 4.28. The average molecular weight is 343 g/mol. The molecule has 0 atom stereocenters. The first-order chi connectivity index (χ1) is 12.7. The highest BCUT2D eigenvalue weighted by atomic mass is 19.1. The number of aryl methyl sites for hydroxylation is 1. The van der Waals surface area contributed by atoms with Crippen LogP contribution in [0, 0.1) is 12.7 Å². The number of halogens is 1. The molecule has 3 rings (SSSR count). The molecule has 0 aromatic heterocycles. The van der Waals surface area contributed by atoms with Crippen molar-refractivity contribution in [2.45, 2.75) is 6.92 Å². The van der Waals surface area contributed by atoms with Crippen molar-refractivity contribution in [1.29, 1.82) is 0 Å². The van der Waals surface area contributed by atoms with E-state index >= 15 is 0 Å². The van der Waals surface area contributed by atoms with Crippen molar-refractivity contribution >= 4 is 17.3 Å². The molecule has 1 nitrogen and oxygen atoms in total. The number of rotatable bonds is 5. The molecule has 0 unspecified atom stereocenters. The molecule has 0 aliphatic rings. The lowest BCUT2D eigenvalue weighted by Gasteiger charge is -2.08. The van der Waals surface area contributed by atoms with Crippen LogP contribution in [0.4, 0.5) is 10.1 Å². The molecular weight excluding hydrogens is 321 g/mol. The first-order valence-corrected chi connectivity index (χ1v) is 8.65. The zero-order chi connectivity index (χ0) is 18.4. The van der Waals surface area contributed by atoms with E-state index in [4.69, 9.17) is 0 Å². The molecule has 0 bridgehead atoms. The number of anilines is 1. The average Bonchev–Trinajstić information content (AvgIpc) is 2.68. The van der Waals surface area contributed by atoms with E-state index in [1.165, 1.54) is 23.3 Å². The van der Waals surface area contributed by atoms with E-state index in [9.17, 15) is 4.39 Å². The van der Waals surface area contributed by atoms with Crippen molar-refractivity contribution in [1.82, 2.24) is 0 Å². The molecule has 0 heterocycles. The molecule has 26 heavy (non-hydrogen) atoms. The van der Waals surface area contributed by atoms with E-state index in [0.29, 0.717) is 0 Å². The van der Waals surface area contributed by atoms with Gasteiger partial charge in [-0.05, 0) is 59.0 Å². The fourth-order valence-electron chi connectivity index (χ4n) is 2.87. The summed E-state index contributed by atoms with van der Waals surface area (Å²) in [7, 11) is 1.92. The molecule has 0 aliphatic heterocycles. The first-order valence-electron chi connectivity index (χ1n) is 8.65. The molecule has 1 N–H and O–H groups in total. The predicted octanol–water partition coefficient (Wildman–Crippen LogP) is 6.32. The van der Waals surface area contributed by atoms with Crippen LogP contribution in [0.5, 0.6) is 0 Å². The Morgan fingerprint density at radius 2 is 1.58 bits per heavy atom. The fraction of sp³-hybridized carbons (Fsp3) is 0.0833. The Hall–Kier alpha value is -3.13. The quantitative estimate of drug-likeness (QED) is 0.534. The normalized spacial score (nSPS) is 11.7. The van der Waals surface area contributed by atoms with E-state index in [0.717, 1.165) is 22.4 Å². The van der Waals surface area contributed by atoms with E-state index in [2.05, 4.69) is 54.7 Å². The van der Waals surface area contributed by atoms with Crippen molar-refractivity contribution in [3.63, 3.8) is 0 Å². The van der Waals surface area contributed by atoms with Gasteiger partial charge in [0.2, 0.25) is 0 Å². The van der Waals surface area contributed by atoms with Gasteiger partial charge in [0.25, 0.3) is 0 Å². The second kappa shape index (κ2) is 8.30. The molecule has 0 fully saturated rings. The lowest BCUT2D eigenvalue weighted by molar-refractivity contribution is 0.627. The topological polar surface area (TPSA) is 12.0 Å². The molecule has 130 valence electrons. The molecule has 3 aromatic carbocycles. The SMILES string of the molecule is CNc1ccc(/C=C/C=C(\c2ccccc2)c2ccc(F)cc2)c(C)c1. The monoisotopic (exact) mass is 343 g/mol. The highest BCUT2D eigenvalue weighted by Gasteiger charge is 2.04. The van der Waals surface area contributed by atoms with Gasteiger partial charge in [0.15, 0.2) is 0 Å². The summed E-state index contributed by atoms with van der Waals surface area (Å²) in [6, 6.07) is 23.1. The van der Waals surface area contributed by atoms with Crippen LogP contribution in [0.1, 0.15) is 22.3 Å². The molecule has 0 amide bonds. The van der Waals surface area contributed by atoms with Gasteiger partial charge in [-0.3, -0.25) is 0 Å². The summed E-state index contributed by atoms with van der Waals surface area (Å²) in [5, 5.41) is 3.15. The predicted molar refractivity (Wildman–Crippen MR) is 110 cm³/mol. The molecule has 0 spiro atoms. The number of allylic oxidation sites excluding steroid dienone is 2. The lowest BCUT2D eigenvalue weighted by atomic mass is 9.97. The van der Waals surface area contributed by atoms with Crippen molar-refractivity contribution in [3.05, 3.63) is 113 Å². The van der Waals surface area contributed by atoms with Crippen LogP contribution in [-0.4, -0.2) is 7.05 Å². The molecule has 3 aromatic rings. The van der Waals surface area contributed by atoms with Gasteiger partial charge < -0.3 is 5.32 Å². The van der Waals surface area contributed by atoms with Gasteiger partial charge in [-0.1, -0.05) is 66.8 Å². The molecular formula is C24H22FN. The van der Waals surface area contributed by atoms with Crippen LogP contribution in [-0.2, 0) is 0 Å². The second-order valence-electron chi connectivity index (χ2n) is 6.13. The molecule has 2 heteroatoms. The van der Waals surface area contributed by atoms with Gasteiger partial charge in [0.1, 0.15) is 5.82 Å². The van der Waals surface area contributed by atoms with Gasteiger partial charge in [-0.15, -0.1) is 0 Å². The van der Waals surface area contributed by atoms with Gasteiger partial charge in [0.05, 0.1) is 0 Å². The number of benzene rings is 3. The summed E-state index contributed by atoms with van der Waals surface area (Å²) in [5.74, 6) is -0.225. The Morgan fingerprint density at radius 3 is 2.23 bits per heavy atom. The van der Waals surface area contributed by atoms with Crippen LogP contribution < -0.4 is 5.32 Å². The van der Waals surface area contributed by atoms with Crippen molar-refractivity contribution < 1.29 is 4.39 Å². The van der Waals surface area contributed by atoms with Crippen molar-refractivity contribution in [3.8, 4) is 0 Å². The van der Waals surface area contributed by atoms with Gasteiger partial charge >= 0.3 is 0 Å². The lowest BCUT2D eigenvalue weighted by Crippen LogP contribution is -1.90. The fourth-order valence-corrected chi connectivity index (χ4v) is 2.87. The van der Waals surface area contributed by atoms with Crippen LogP contribution in [0.2, 0.25) is 0 Å². The molecule has 0 radical (unpaired) electrons. The third-order valence-electron chi connectivity index (χ3n) is 4.34. The molecule has 0 aliphatic carbocycles. The van der Waals surface area contributed by atoms with Crippen molar-refractivity contribution in [2.24, 2.45) is 0 Å². The molecule has 0 saturated carbocycles. The second-order valence-corrected chi connectivity index (χ2v) is 6.13. The van der Waals surface area contributed by atoms with Crippen LogP contribution in [0.25, 0.3) is 11.6 Å². The Labute approximate surface area is 154 Å². The minimum Gasteiger partial charge on any atom is -0.388 e. The van der Waals surface area contributed by atoms with Crippen LogP contribution >= 0.6 is 0 Å². The van der Waals surface area contributed by atoms with E-state index in [1.807, 2.05) is 43.5 Å². The summed E-state index contributed by atoms with van der Waals surface area (Å²) < 4.78 is 13.3. The Balaban J connectivity index is 1.95. The van der Waals surface area contributed by atoms with E-state index < -0.39 is 0 Å². The van der Waals surface area contributed by atoms with Gasteiger partial charge in [-0.25, -0.2) is 4.39 Å². The maximum atomic E-state index is 13.3. The zero-order valence-electron chi connectivity index (χ0n) is 15.0. The standard InChI is InChI=1S/C24H22FN/c1-18-17-23(26-2)16-13-19(18)9-6-10-24(20-7-4-3-5-8-20)21-11-14-22(25)15-12-21/h3-17,26H,1-2H3/b9-6+,24-10+. The number of hydrogen-bond acceptors (Lipinski definition) is 1. The minimum absolute atomic E-state index is 0.225. The van der Waals surface area contributed by atoms with E-state index in [1.54, 1.807) is 0 Å². The largest absolute Gasteiger partial charge is 0.388 e. The van der Waals surface area contributed by atoms with Gasteiger partial charge in [-0.2, -0.15) is 0 Å². The third-order valence-corrected chi connectivity index (χ3v) is 4.34. The zero-order valence-corrected chi connectivity index (χ0v) is 15.0. The summed E-state index contributed by atoms with van der Waals surface area (Å²) in [6.07, 6.45) is 6.22. The Bertz CT molecular complexity index is 922. The van der Waals surface area contributed by atoms with Crippen LogP contribution in [0.15, 0.2) is 84.9 Å². The number of hydrogen-bond donors (Lipinski definition) is 1. The summed E-state index contributed by atoms with van der Waals surface area (Å²) in [5.41, 5.74) is 6.64. The van der Waals surface area contributed by atoms with E-state index in [-0.39, 0.29) is 5.82 Å². The summed E-state index contributed by atoms with van der Waals surface area (Å²) in [4.78, 5) is 0. The Kier molecular flexibility index (Phi) is 5.65. The number of nitrogens with one attached hydrogen (secondary N) is 1.